The Hall–Kier alpha value is -1.10. The van der Waals surface area contributed by atoms with Crippen molar-refractivity contribution in [2.75, 3.05) is 11.6 Å². The first-order valence-corrected chi connectivity index (χ1v) is 12.5. The first kappa shape index (κ1) is 19.2. The monoisotopic (exact) mass is 364 g/mol. The fourth-order valence-electron chi connectivity index (χ4n) is 2.62. The average Bonchev–Trinajstić information content (AvgIpc) is 2.92. The third-order valence-corrected chi connectivity index (χ3v) is 10.2. The van der Waals surface area contributed by atoms with E-state index in [0.29, 0.717) is 28.7 Å². The zero-order valence-corrected chi connectivity index (χ0v) is 17.3. The lowest BCUT2D eigenvalue weighted by atomic mass is 10.2. The highest BCUT2D eigenvalue weighted by Gasteiger charge is 2.40. The predicted octanol–water partition coefficient (Wildman–Crippen LogP) is 4.42. The average molecular weight is 365 g/mol. The van der Waals surface area contributed by atoms with Crippen LogP contribution in [0.4, 0.5) is 5.82 Å². The van der Waals surface area contributed by atoms with Crippen molar-refractivity contribution in [2.24, 2.45) is 0 Å². The van der Waals surface area contributed by atoms with Gasteiger partial charge in [-0.05, 0) is 43.7 Å². The quantitative estimate of drug-likeness (QED) is 0.473. The SMILES string of the molecule is CSc1ncc(C#N)c(N[C@H]2CC[C@H](O[Si](C)(C)C(C)(C)C)C2)n1. The first-order chi connectivity index (χ1) is 11.2. The van der Waals surface area contributed by atoms with Gasteiger partial charge >= 0.3 is 0 Å². The maximum atomic E-state index is 9.25. The zero-order chi connectivity index (χ0) is 18.0. The van der Waals surface area contributed by atoms with Gasteiger partial charge in [0.25, 0.3) is 0 Å². The minimum absolute atomic E-state index is 0.229. The fourth-order valence-corrected chi connectivity index (χ4v) is 4.36. The summed E-state index contributed by atoms with van der Waals surface area (Å²) >= 11 is 1.48. The maximum absolute atomic E-state index is 9.25. The number of nitrogens with one attached hydrogen (secondary N) is 1. The van der Waals surface area contributed by atoms with E-state index < -0.39 is 8.32 Å². The van der Waals surface area contributed by atoms with E-state index in [4.69, 9.17) is 4.43 Å². The van der Waals surface area contributed by atoms with Gasteiger partial charge in [-0.25, -0.2) is 9.97 Å². The topological polar surface area (TPSA) is 70.8 Å². The Morgan fingerprint density at radius 2 is 2.08 bits per heavy atom. The van der Waals surface area contributed by atoms with Crippen LogP contribution < -0.4 is 5.32 Å². The van der Waals surface area contributed by atoms with Crippen LogP contribution >= 0.6 is 11.8 Å². The molecule has 2 rings (SSSR count). The standard InChI is InChI=1S/C17H28N4OSSi/c1-17(2,3)24(5,6)22-14-8-7-13(9-14)20-15-12(10-18)11-19-16(21-15)23-4/h11,13-14H,7-9H2,1-6H3,(H,19,20,21)/t13-,14-/m0/s1. The molecule has 132 valence electrons. The van der Waals surface area contributed by atoms with Crippen molar-refractivity contribution in [3.63, 3.8) is 0 Å². The molecular weight excluding hydrogens is 336 g/mol. The third-order valence-electron chi connectivity index (χ3n) is 5.06. The van der Waals surface area contributed by atoms with Crippen molar-refractivity contribution >= 4 is 25.9 Å². The van der Waals surface area contributed by atoms with E-state index in [1.165, 1.54) is 11.8 Å². The van der Waals surface area contributed by atoms with Gasteiger partial charge in [0.1, 0.15) is 17.5 Å². The molecule has 0 aliphatic heterocycles. The Kier molecular flexibility index (Phi) is 5.94. The van der Waals surface area contributed by atoms with E-state index in [-0.39, 0.29) is 5.04 Å². The van der Waals surface area contributed by atoms with Crippen LogP contribution in [0.15, 0.2) is 11.4 Å². The number of hydrogen-bond acceptors (Lipinski definition) is 6. The van der Waals surface area contributed by atoms with Crippen molar-refractivity contribution in [2.45, 2.75) is 75.5 Å². The molecule has 1 heterocycles. The van der Waals surface area contributed by atoms with Gasteiger partial charge in [0.05, 0.1) is 6.20 Å². The van der Waals surface area contributed by atoms with Gasteiger partial charge in [-0.3, -0.25) is 0 Å². The highest BCUT2D eigenvalue weighted by Crippen LogP contribution is 2.39. The van der Waals surface area contributed by atoms with E-state index in [9.17, 15) is 5.26 Å². The summed E-state index contributed by atoms with van der Waals surface area (Å²) in [6.07, 6.45) is 6.91. The molecule has 2 atom stereocenters. The summed E-state index contributed by atoms with van der Waals surface area (Å²) in [6, 6.07) is 2.47. The number of aromatic nitrogens is 2. The molecule has 1 aliphatic rings. The Balaban J connectivity index is 2.01. The second-order valence-electron chi connectivity index (χ2n) is 7.89. The lowest BCUT2D eigenvalue weighted by molar-refractivity contribution is 0.187. The smallest absolute Gasteiger partial charge is 0.192 e. The first-order valence-electron chi connectivity index (χ1n) is 8.42. The summed E-state index contributed by atoms with van der Waals surface area (Å²) in [4.78, 5) is 8.61. The van der Waals surface area contributed by atoms with Crippen LogP contribution in [0.1, 0.15) is 45.6 Å². The molecule has 24 heavy (non-hydrogen) atoms. The van der Waals surface area contributed by atoms with Crippen molar-refractivity contribution < 1.29 is 4.43 Å². The molecule has 0 amide bonds. The maximum Gasteiger partial charge on any atom is 0.192 e. The van der Waals surface area contributed by atoms with Crippen LogP contribution in [0.5, 0.6) is 0 Å². The molecule has 1 aromatic heterocycles. The van der Waals surface area contributed by atoms with Gasteiger partial charge in [0.15, 0.2) is 13.5 Å². The molecule has 7 heteroatoms. The van der Waals surface area contributed by atoms with E-state index in [2.05, 4.69) is 55.2 Å². The largest absolute Gasteiger partial charge is 0.414 e. The molecule has 1 aliphatic carbocycles. The van der Waals surface area contributed by atoms with Crippen LogP contribution in [-0.4, -0.2) is 36.7 Å². The lowest BCUT2D eigenvalue weighted by Crippen LogP contribution is -2.43. The number of nitrogens with zero attached hydrogens (tertiary/aromatic N) is 3. The van der Waals surface area contributed by atoms with Gasteiger partial charge in [-0.15, -0.1) is 0 Å². The fraction of sp³-hybridized carbons (Fsp3) is 0.706. The summed E-state index contributed by atoms with van der Waals surface area (Å²) in [5.41, 5.74) is 0.501. The van der Waals surface area contributed by atoms with Gasteiger partial charge in [0.2, 0.25) is 0 Å². The summed E-state index contributed by atoms with van der Waals surface area (Å²) in [6.45, 7) is 11.4. The minimum atomic E-state index is -1.73. The van der Waals surface area contributed by atoms with Crippen LogP contribution in [0.25, 0.3) is 0 Å². The molecule has 0 saturated heterocycles. The van der Waals surface area contributed by atoms with Crippen molar-refractivity contribution in [1.29, 1.82) is 5.26 Å². The van der Waals surface area contributed by atoms with E-state index >= 15 is 0 Å². The summed E-state index contributed by atoms with van der Waals surface area (Å²) in [7, 11) is -1.73. The molecular formula is C17H28N4OSSi. The van der Waals surface area contributed by atoms with E-state index in [1.807, 2.05) is 6.26 Å². The molecule has 0 unspecified atom stereocenters. The van der Waals surface area contributed by atoms with Gasteiger partial charge in [-0.1, -0.05) is 32.5 Å². The zero-order valence-electron chi connectivity index (χ0n) is 15.5. The van der Waals surface area contributed by atoms with Crippen molar-refractivity contribution in [1.82, 2.24) is 9.97 Å². The second kappa shape index (κ2) is 7.42. The Bertz CT molecular complexity index is 624. The Labute approximate surface area is 150 Å². The van der Waals surface area contributed by atoms with E-state index in [0.717, 1.165) is 19.3 Å². The van der Waals surface area contributed by atoms with Gasteiger partial charge in [-0.2, -0.15) is 5.26 Å². The normalized spacial score (nSPS) is 21.5. The second-order valence-corrected chi connectivity index (χ2v) is 13.4. The van der Waals surface area contributed by atoms with Crippen LogP contribution in [0.3, 0.4) is 0 Å². The minimum Gasteiger partial charge on any atom is -0.414 e. The van der Waals surface area contributed by atoms with Gasteiger partial charge in [0, 0.05) is 12.1 Å². The number of rotatable bonds is 5. The molecule has 1 N–H and O–H groups in total. The van der Waals surface area contributed by atoms with Crippen molar-refractivity contribution in [3.8, 4) is 6.07 Å². The van der Waals surface area contributed by atoms with Gasteiger partial charge < -0.3 is 9.74 Å². The highest BCUT2D eigenvalue weighted by atomic mass is 32.2. The number of anilines is 1. The van der Waals surface area contributed by atoms with Crippen LogP contribution in [-0.2, 0) is 4.43 Å². The number of hydrogen-bond donors (Lipinski definition) is 1. The molecule has 0 aromatic carbocycles. The molecule has 1 fully saturated rings. The Morgan fingerprint density at radius 3 is 2.67 bits per heavy atom. The van der Waals surface area contributed by atoms with Crippen LogP contribution in [0.2, 0.25) is 18.1 Å². The molecule has 5 nitrogen and oxygen atoms in total. The van der Waals surface area contributed by atoms with Crippen molar-refractivity contribution in [3.05, 3.63) is 11.8 Å². The molecule has 0 bridgehead atoms. The highest BCUT2D eigenvalue weighted by molar-refractivity contribution is 7.98. The molecule has 0 radical (unpaired) electrons. The molecule has 1 saturated carbocycles. The third kappa shape index (κ3) is 4.50. The number of thioether (sulfide) groups is 1. The molecule has 1 aromatic rings. The molecule has 0 spiro atoms. The van der Waals surface area contributed by atoms with E-state index in [1.54, 1.807) is 6.20 Å². The lowest BCUT2D eigenvalue weighted by Gasteiger charge is -2.38. The van der Waals surface area contributed by atoms with Crippen LogP contribution in [0, 0.1) is 11.3 Å². The summed E-state index contributed by atoms with van der Waals surface area (Å²) < 4.78 is 6.53. The predicted molar refractivity (Wildman–Crippen MR) is 102 cm³/mol. The Morgan fingerprint density at radius 1 is 1.38 bits per heavy atom. The number of nitriles is 1. The summed E-state index contributed by atoms with van der Waals surface area (Å²) in [5.74, 6) is 0.648. The summed E-state index contributed by atoms with van der Waals surface area (Å²) in [5, 5.41) is 13.6.